The van der Waals surface area contributed by atoms with Gasteiger partial charge in [0.1, 0.15) is 5.75 Å². The van der Waals surface area contributed by atoms with Gasteiger partial charge in [0.05, 0.1) is 13.5 Å². The van der Waals surface area contributed by atoms with Crippen LogP contribution in [0.1, 0.15) is 56.7 Å². The molecular weight excluding hydrogens is 240 g/mol. The zero-order chi connectivity index (χ0) is 14.8. The molecule has 0 radical (unpaired) electrons. The van der Waals surface area contributed by atoms with Crippen molar-refractivity contribution in [1.29, 1.82) is 0 Å². The van der Waals surface area contributed by atoms with Crippen molar-refractivity contribution in [3.05, 3.63) is 28.8 Å². The Bertz CT molecular complexity index is 473. The van der Waals surface area contributed by atoms with Crippen molar-refractivity contribution in [2.45, 2.75) is 52.4 Å². The van der Waals surface area contributed by atoms with Gasteiger partial charge in [0.25, 0.3) is 0 Å². The molecule has 0 atom stereocenters. The number of carboxylic acid groups (broad SMARTS) is 1. The average Bonchev–Trinajstić information content (AvgIpc) is 2.25. The number of methoxy groups -OCH3 is 1. The molecule has 0 bridgehead atoms. The van der Waals surface area contributed by atoms with Gasteiger partial charge in [-0.3, -0.25) is 4.79 Å². The maximum absolute atomic E-state index is 11.0. The number of rotatable bonds is 5. The molecule has 0 amide bonds. The first-order valence-corrected chi connectivity index (χ1v) is 6.60. The number of benzene rings is 1. The van der Waals surface area contributed by atoms with Gasteiger partial charge < -0.3 is 9.84 Å². The summed E-state index contributed by atoms with van der Waals surface area (Å²) in [5.74, 6) is 0.448. The fraction of sp³-hybridized carbons (Fsp3) is 0.562. The minimum Gasteiger partial charge on any atom is -0.496 e. The maximum atomic E-state index is 11.0. The van der Waals surface area contributed by atoms with E-state index in [1.54, 1.807) is 7.11 Å². The van der Waals surface area contributed by atoms with E-state index < -0.39 is 5.97 Å². The van der Waals surface area contributed by atoms with E-state index in [9.17, 15) is 4.79 Å². The maximum Gasteiger partial charge on any atom is 0.304 e. The first kappa shape index (κ1) is 15.5. The molecule has 0 heterocycles. The molecule has 0 fully saturated rings. The van der Waals surface area contributed by atoms with E-state index in [1.165, 1.54) is 0 Å². The average molecular weight is 264 g/mol. The van der Waals surface area contributed by atoms with Crippen molar-refractivity contribution < 1.29 is 14.6 Å². The van der Waals surface area contributed by atoms with Crippen molar-refractivity contribution in [1.82, 2.24) is 0 Å². The highest BCUT2D eigenvalue weighted by Gasteiger charge is 2.27. The highest BCUT2D eigenvalue weighted by molar-refractivity contribution is 5.69. The van der Waals surface area contributed by atoms with Gasteiger partial charge in [0.15, 0.2) is 0 Å². The number of aryl methyl sites for hydroxylation is 1. The predicted molar refractivity (Wildman–Crippen MR) is 77.1 cm³/mol. The lowest BCUT2D eigenvalue weighted by molar-refractivity contribution is -0.138. The summed E-state index contributed by atoms with van der Waals surface area (Å²) in [6.07, 6.45) is 0.123. The Kier molecular flexibility index (Phi) is 4.61. The summed E-state index contributed by atoms with van der Waals surface area (Å²) in [6.45, 7) is 10.2. The van der Waals surface area contributed by atoms with Crippen molar-refractivity contribution in [3.63, 3.8) is 0 Å². The summed E-state index contributed by atoms with van der Waals surface area (Å²) >= 11 is 0. The van der Waals surface area contributed by atoms with Crippen LogP contribution in [0.5, 0.6) is 5.75 Å². The lowest BCUT2D eigenvalue weighted by Crippen LogP contribution is -2.23. The molecule has 1 aromatic rings. The van der Waals surface area contributed by atoms with Gasteiger partial charge >= 0.3 is 5.97 Å². The van der Waals surface area contributed by atoms with Crippen LogP contribution in [0.25, 0.3) is 0 Å². The van der Waals surface area contributed by atoms with Crippen LogP contribution in [0.4, 0.5) is 0 Å². The van der Waals surface area contributed by atoms with Gasteiger partial charge in [-0.05, 0) is 35.6 Å². The summed E-state index contributed by atoms with van der Waals surface area (Å²) in [7, 11) is 1.67. The number of aliphatic carboxylic acids is 1. The van der Waals surface area contributed by atoms with Crippen LogP contribution in [0, 0.1) is 6.92 Å². The largest absolute Gasteiger partial charge is 0.496 e. The SMILES string of the molecule is COc1cc(C)c(C(C)(C)CC(=O)O)cc1C(C)C. The Balaban J connectivity index is 3.36. The van der Waals surface area contributed by atoms with Crippen molar-refractivity contribution in [2.75, 3.05) is 7.11 Å². The molecular formula is C16H24O3. The summed E-state index contributed by atoms with van der Waals surface area (Å²) in [5, 5.41) is 9.06. The number of ether oxygens (including phenoxy) is 1. The molecule has 0 saturated heterocycles. The number of hydrogen-bond donors (Lipinski definition) is 1. The van der Waals surface area contributed by atoms with Crippen LogP contribution < -0.4 is 4.74 Å². The molecule has 0 aliphatic carbocycles. The van der Waals surface area contributed by atoms with E-state index in [1.807, 2.05) is 26.8 Å². The standard InChI is InChI=1S/C16H24O3/c1-10(2)12-8-13(11(3)7-14(12)19-6)16(4,5)9-15(17)18/h7-8,10H,9H2,1-6H3,(H,17,18). The summed E-state index contributed by atoms with van der Waals surface area (Å²) in [5.41, 5.74) is 2.90. The monoisotopic (exact) mass is 264 g/mol. The van der Waals surface area contributed by atoms with Gasteiger partial charge in [0, 0.05) is 5.41 Å². The molecule has 0 aliphatic rings. The second-order valence-electron chi connectivity index (χ2n) is 6.02. The van der Waals surface area contributed by atoms with Crippen LogP contribution in [0.15, 0.2) is 12.1 Å². The molecule has 1 N–H and O–H groups in total. The van der Waals surface area contributed by atoms with Gasteiger partial charge in [-0.2, -0.15) is 0 Å². The third kappa shape index (κ3) is 3.49. The van der Waals surface area contributed by atoms with Crippen LogP contribution in [-0.4, -0.2) is 18.2 Å². The van der Waals surface area contributed by atoms with Crippen LogP contribution >= 0.6 is 0 Å². The van der Waals surface area contributed by atoms with Gasteiger partial charge in [0.2, 0.25) is 0 Å². The van der Waals surface area contributed by atoms with Gasteiger partial charge in [-0.25, -0.2) is 0 Å². The lowest BCUT2D eigenvalue weighted by atomic mass is 9.77. The third-order valence-electron chi connectivity index (χ3n) is 3.52. The molecule has 0 aliphatic heterocycles. The Morgan fingerprint density at radius 2 is 1.95 bits per heavy atom. The minimum atomic E-state index is -0.772. The van der Waals surface area contributed by atoms with Crippen LogP contribution in [-0.2, 0) is 10.2 Å². The third-order valence-corrected chi connectivity index (χ3v) is 3.52. The normalized spacial score (nSPS) is 11.7. The molecule has 3 heteroatoms. The lowest BCUT2D eigenvalue weighted by Gasteiger charge is -2.27. The summed E-state index contributed by atoms with van der Waals surface area (Å²) < 4.78 is 5.42. The van der Waals surface area contributed by atoms with Crippen molar-refractivity contribution >= 4 is 5.97 Å². The van der Waals surface area contributed by atoms with Crippen molar-refractivity contribution in [2.24, 2.45) is 0 Å². The predicted octanol–water partition coefficient (Wildman–Crippen LogP) is 3.88. The molecule has 3 nitrogen and oxygen atoms in total. The topological polar surface area (TPSA) is 46.5 Å². The Morgan fingerprint density at radius 3 is 2.37 bits per heavy atom. The van der Waals surface area contributed by atoms with Gasteiger partial charge in [-0.1, -0.05) is 33.8 Å². The fourth-order valence-corrected chi connectivity index (χ4v) is 2.53. The van der Waals surface area contributed by atoms with Crippen LogP contribution in [0.2, 0.25) is 0 Å². The Morgan fingerprint density at radius 1 is 1.37 bits per heavy atom. The smallest absolute Gasteiger partial charge is 0.304 e. The molecule has 0 unspecified atom stereocenters. The second kappa shape index (κ2) is 5.64. The highest BCUT2D eigenvalue weighted by Crippen LogP contribution is 2.36. The fourth-order valence-electron chi connectivity index (χ4n) is 2.53. The van der Waals surface area contributed by atoms with Crippen molar-refractivity contribution in [3.8, 4) is 5.75 Å². The first-order valence-electron chi connectivity index (χ1n) is 6.60. The molecule has 19 heavy (non-hydrogen) atoms. The Labute approximate surface area is 115 Å². The summed E-state index contributed by atoms with van der Waals surface area (Å²) in [4.78, 5) is 11.0. The zero-order valence-corrected chi connectivity index (χ0v) is 12.7. The molecule has 0 saturated carbocycles. The number of carbonyl (C=O) groups is 1. The van der Waals surface area contributed by atoms with E-state index >= 15 is 0 Å². The van der Waals surface area contributed by atoms with E-state index in [0.717, 1.165) is 22.4 Å². The minimum absolute atomic E-state index is 0.123. The first-order chi connectivity index (χ1) is 8.69. The molecule has 0 aromatic heterocycles. The molecule has 1 rings (SSSR count). The van der Waals surface area contributed by atoms with Gasteiger partial charge in [-0.15, -0.1) is 0 Å². The molecule has 0 spiro atoms. The quantitative estimate of drug-likeness (QED) is 0.878. The van der Waals surface area contributed by atoms with E-state index in [4.69, 9.17) is 9.84 Å². The molecule has 1 aromatic carbocycles. The number of hydrogen-bond acceptors (Lipinski definition) is 2. The van der Waals surface area contributed by atoms with E-state index in [2.05, 4.69) is 19.9 Å². The zero-order valence-electron chi connectivity index (χ0n) is 12.7. The van der Waals surface area contributed by atoms with E-state index in [0.29, 0.717) is 5.92 Å². The molecule has 106 valence electrons. The Hall–Kier alpha value is -1.51. The number of carboxylic acids is 1. The second-order valence-corrected chi connectivity index (χ2v) is 6.02. The van der Waals surface area contributed by atoms with E-state index in [-0.39, 0.29) is 11.8 Å². The summed E-state index contributed by atoms with van der Waals surface area (Å²) in [6, 6.07) is 4.11. The van der Waals surface area contributed by atoms with Crippen LogP contribution in [0.3, 0.4) is 0 Å². The highest BCUT2D eigenvalue weighted by atomic mass is 16.5.